The number of hydrogen-bond donors (Lipinski definition) is 1. The van der Waals surface area contributed by atoms with Crippen LogP contribution in [0.4, 0.5) is 0 Å². The van der Waals surface area contributed by atoms with Crippen LogP contribution in [0.1, 0.15) is 37.7 Å². The molecule has 2 unspecified atom stereocenters. The third-order valence-corrected chi connectivity index (χ3v) is 5.10. The van der Waals surface area contributed by atoms with E-state index in [0.717, 1.165) is 19.5 Å². The minimum atomic E-state index is 0.555. The Hall–Kier alpha value is -1.37. The molecule has 1 aliphatic carbocycles. The molecule has 0 radical (unpaired) electrons. The van der Waals surface area contributed by atoms with Gasteiger partial charge in [-0.1, -0.05) is 43.2 Å². The lowest BCUT2D eigenvalue weighted by Gasteiger charge is -2.38. The summed E-state index contributed by atoms with van der Waals surface area (Å²) < 4.78 is 0. The van der Waals surface area contributed by atoms with Gasteiger partial charge in [0.05, 0.1) is 12.6 Å². The van der Waals surface area contributed by atoms with Crippen molar-refractivity contribution in [3.05, 3.63) is 35.9 Å². The summed E-state index contributed by atoms with van der Waals surface area (Å²) in [5.74, 6) is 0.656. The fourth-order valence-corrected chi connectivity index (χ4v) is 4.17. The molecule has 1 aliphatic heterocycles. The highest BCUT2D eigenvalue weighted by atomic mass is 15.2. The lowest BCUT2D eigenvalue weighted by molar-refractivity contribution is 0.148. The third-order valence-electron chi connectivity index (χ3n) is 5.10. The van der Waals surface area contributed by atoms with Crippen LogP contribution >= 0.6 is 0 Å². The first-order valence-electron chi connectivity index (χ1n) is 8.73. The maximum Gasteiger partial charge on any atom is 0.0866 e. The Labute approximate surface area is 134 Å². The Kier molecular flexibility index (Phi) is 5.48. The summed E-state index contributed by atoms with van der Waals surface area (Å²) in [4.78, 5) is 2.34. The van der Waals surface area contributed by atoms with Gasteiger partial charge in [-0.05, 0) is 37.2 Å². The fourth-order valence-electron chi connectivity index (χ4n) is 4.17. The zero-order chi connectivity index (χ0) is 15.2. The molecule has 2 aliphatic rings. The molecule has 1 N–H and O–H groups in total. The number of likely N-dealkylation sites (tertiary alicyclic amines) is 1. The van der Waals surface area contributed by atoms with Gasteiger partial charge in [0.2, 0.25) is 0 Å². The SMILES string of the molecule is N#CCN1CC(Cc2ccccc2)CC(NC2CCCC2)C1. The van der Waals surface area contributed by atoms with Crippen molar-refractivity contribution in [1.29, 1.82) is 5.26 Å². The zero-order valence-electron chi connectivity index (χ0n) is 13.4. The van der Waals surface area contributed by atoms with Crippen LogP contribution in [0.5, 0.6) is 0 Å². The molecule has 3 nitrogen and oxygen atoms in total. The van der Waals surface area contributed by atoms with Gasteiger partial charge in [0, 0.05) is 25.2 Å². The molecule has 2 atom stereocenters. The first-order chi connectivity index (χ1) is 10.8. The summed E-state index contributed by atoms with van der Waals surface area (Å²) in [6.07, 6.45) is 7.79. The first-order valence-corrected chi connectivity index (χ1v) is 8.73. The molecular formula is C19H27N3. The molecule has 0 spiro atoms. The van der Waals surface area contributed by atoms with E-state index in [1.54, 1.807) is 0 Å². The van der Waals surface area contributed by atoms with Crippen molar-refractivity contribution in [2.45, 2.75) is 50.6 Å². The molecule has 0 aromatic heterocycles. The summed E-state index contributed by atoms with van der Waals surface area (Å²) in [5.41, 5.74) is 1.42. The van der Waals surface area contributed by atoms with Gasteiger partial charge in [-0.25, -0.2) is 0 Å². The highest BCUT2D eigenvalue weighted by Crippen LogP contribution is 2.24. The van der Waals surface area contributed by atoms with Crippen LogP contribution in [-0.2, 0) is 6.42 Å². The molecule has 22 heavy (non-hydrogen) atoms. The van der Waals surface area contributed by atoms with Crippen LogP contribution in [0, 0.1) is 17.2 Å². The quantitative estimate of drug-likeness (QED) is 0.849. The van der Waals surface area contributed by atoms with E-state index < -0.39 is 0 Å². The summed E-state index contributed by atoms with van der Waals surface area (Å²) in [6.45, 7) is 2.66. The van der Waals surface area contributed by atoms with Crippen LogP contribution in [-0.4, -0.2) is 36.6 Å². The average molecular weight is 297 g/mol. The van der Waals surface area contributed by atoms with E-state index in [2.05, 4.69) is 46.6 Å². The number of benzene rings is 1. The Bertz CT molecular complexity index is 487. The predicted molar refractivity (Wildman–Crippen MR) is 89.5 cm³/mol. The van der Waals surface area contributed by atoms with Gasteiger partial charge in [-0.2, -0.15) is 5.26 Å². The minimum absolute atomic E-state index is 0.555. The highest BCUT2D eigenvalue weighted by molar-refractivity contribution is 5.15. The zero-order valence-corrected chi connectivity index (χ0v) is 13.4. The van der Waals surface area contributed by atoms with Crippen molar-refractivity contribution in [3.63, 3.8) is 0 Å². The van der Waals surface area contributed by atoms with Gasteiger partial charge in [-0.15, -0.1) is 0 Å². The van der Waals surface area contributed by atoms with E-state index in [1.807, 2.05) is 0 Å². The van der Waals surface area contributed by atoms with Crippen LogP contribution < -0.4 is 5.32 Å². The second-order valence-electron chi connectivity index (χ2n) is 6.99. The second-order valence-corrected chi connectivity index (χ2v) is 6.99. The van der Waals surface area contributed by atoms with Gasteiger partial charge in [0.1, 0.15) is 0 Å². The number of piperidine rings is 1. The summed E-state index contributed by atoms with van der Waals surface area (Å²) in [6, 6.07) is 14.4. The van der Waals surface area contributed by atoms with Crippen molar-refractivity contribution in [3.8, 4) is 6.07 Å². The summed E-state index contributed by atoms with van der Waals surface area (Å²) in [7, 11) is 0. The van der Waals surface area contributed by atoms with Gasteiger partial charge in [0.25, 0.3) is 0 Å². The van der Waals surface area contributed by atoms with Crippen molar-refractivity contribution >= 4 is 0 Å². The van der Waals surface area contributed by atoms with E-state index in [4.69, 9.17) is 5.26 Å². The lowest BCUT2D eigenvalue weighted by Crippen LogP contribution is -2.51. The Morgan fingerprint density at radius 1 is 1.09 bits per heavy atom. The van der Waals surface area contributed by atoms with E-state index in [-0.39, 0.29) is 0 Å². The van der Waals surface area contributed by atoms with Crippen molar-refractivity contribution in [1.82, 2.24) is 10.2 Å². The maximum absolute atomic E-state index is 9.05. The average Bonchev–Trinajstić information content (AvgIpc) is 3.01. The summed E-state index contributed by atoms with van der Waals surface area (Å²) >= 11 is 0. The second kappa shape index (κ2) is 7.76. The molecule has 2 fully saturated rings. The summed E-state index contributed by atoms with van der Waals surface area (Å²) in [5, 5.41) is 12.9. The molecule has 1 saturated heterocycles. The van der Waals surface area contributed by atoms with Crippen molar-refractivity contribution in [2.75, 3.05) is 19.6 Å². The topological polar surface area (TPSA) is 39.1 Å². The standard InChI is InChI=1S/C19H27N3/c20-10-11-22-14-17(12-16-6-2-1-3-7-16)13-19(15-22)21-18-8-4-5-9-18/h1-3,6-7,17-19,21H,4-5,8-9,11-15H2. The van der Waals surface area contributed by atoms with Gasteiger partial charge < -0.3 is 5.32 Å². The van der Waals surface area contributed by atoms with Gasteiger partial charge in [0.15, 0.2) is 0 Å². The fraction of sp³-hybridized carbons (Fsp3) is 0.632. The van der Waals surface area contributed by atoms with E-state index in [1.165, 1.54) is 37.7 Å². The largest absolute Gasteiger partial charge is 0.310 e. The Morgan fingerprint density at radius 2 is 1.86 bits per heavy atom. The molecule has 0 amide bonds. The molecule has 0 bridgehead atoms. The van der Waals surface area contributed by atoms with E-state index >= 15 is 0 Å². The maximum atomic E-state index is 9.05. The number of rotatable bonds is 5. The van der Waals surface area contributed by atoms with Gasteiger partial charge in [-0.3, -0.25) is 4.90 Å². The molecule has 1 heterocycles. The third kappa shape index (κ3) is 4.32. The van der Waals surface area contributed by atoms with Gasteiger partial charge >= 0.3 is 0 Å². The van der Waals surface area contributed by atoms with Crippen molar-refractivity contribution in [2.24, 2.45) is 5.92 Å². The molecular weight excluding hydrogens is 270 g/mol. The number of nitrogens with one attached hydrogen (secondary N) is 1. The molecule has 1 saturated carbocycles. The number of nitriles is 1. The minimum Gasteiger partial charge on any atom is -0.310 e. The smallest absolute Gasteiger partial charge is 0.0866 e. The first kappa shape index (κ1) is 15.5. The van der Waals surface area contributed by atoms with E-state index in [0.29, 0.717) is 24.5 Å². The monoisotopic (exact) mass is 297 g/mol. The van der Waals surface area contributed by atoms with E-state index in [9.17, 15) is 0 Å². The van der Waals surface area contributed by atoms with Crippen LogP contribution in [0.25, 0.3) is 0 Å². The Balaban J connectivity index is 1.60. The highest BCUT2D eigenvalue weighted by Gasteiger charge is 2.29. The van der Waals surface area contributed by atoms with Crippen LogP contribution in [0.3, 0.4) is 0 Å². The molecule has 1 aromatic carbocycles. The predicted octanol–water partition coefficient (Wildman–Crippen LogP) is 2.98. The van der Waals surface area contributed by atoms with Crippen LogP contribution in [0.2, 0.25) is 0 Å². The van der Waals surface area contributed by atoms with Crippen LogP contribution in [0.15, 0.2) is 30.3 Å². The number of nitrogens with zero attached hydrogens (tertiary/aromatic N) is 2. The molecule has 118 valence electrons. The molecule has 1 aromatic rings. The normalized spacial score (nSPS) is 26.9. The Morgan fingerprint density at radius 3 is 2.59 bits per heavy atom. The van der Waals surface area contributed by atoms with Crippen molar-refractivity contribution < 1.29 is 0 Å². The molecule has 3 heteroatoms. The lowest BCUT2D eigenvalue weighted by atomic mass is 9.88. The molecule has 3 rings (SSSR count). The number of hydrogen-bond acceptors (Lipinski definition) is 3.